The molecule has 2 amide bonds. The van der Waals surface area contributed by atoms with E-state index in [0.717, 1.165) is 30.3 Å². The minimum Gasteiger partial charge on any atom is -0.357 e. The predicted molar refractivity (Wildman–Crippen MR) is 123 cm³/mol. The molecule has 1 aliphatic carbocycles. The molecule has 4 rings (SSSR count). The van der Waals surface area contributed by atoms with E-state index in [2.05, 4.69) is 15.3 Å². The maximum Gasteiger partial charge on any atom is 0.270 e. The van der Waals surface area contributed by atoms with E-state index in [1.54, 1.807) is 47.5 Å². The van der Waals surface area contributed by atoms with Crippen molar-refractivity contribution in [3.8, 4) is 0 Å². The first-order chi connectivity index (χ1) is 16.0. The van der Waals surface area contributed by atoms with E-state index in [9.17, 15) is 18.8 Å². The zero-order valence-electron chi connectivity index (χ0n) is 18.5. The lowest BCUT2D eigenvalue weighted by atomic mass is 10.0. The molecule has 1 aromatic rings. The summed E-state index contributed by atoms with van der Waals surface area (Å²) in [4.78, 5) is 48.9. The molecular formula is C24H26FN5O3. The number of carbonyl (C=O) groups is 3. The minimum absolute atomic E-state index is 0.0525. The fraction of sp³-hybridized carbons (Fsp3) is 0.375. The molecule has 1 N–H and O–H groups in total. The van der Waals surface area contributed by atoms with E-state index < -0.39 is 0 Å². The Bertz CT molecular complexity index is 1070. The highest BCUT2D eigenvalue weighted by Gasteiger charge is 2.35. The summed E-state index contributed by atoms with van der Waals surface area (Å²) in [5.41, 5.74) is 2.26. The summed E-state index contributed by atoms with van der Waals surface area (Å²) >= 11 is 0. The molecule has 3 aliphatic rings. The van der Waals surface area contributed by atoms with Gasteiger partial charge in [-0.15, -0.1) is 0 Å². The topological polar surface area (TPSA) is 95.0 Å². The zero-order chi connectivity index (χ0) is 23.4. The predicted octanol–water partition coefficient (Wildman–Crippen LogP) is 2.86. The van der Waals surface area contributed by atoms with Crippen LogP contribution in [0.1, 0.15) is 37.7 Å². The van der Waals surface area contributed by atoms with Gasteiger partial charge in [0.15, 0.2) is 0 Å². The first-order valence-electron chi connectivity index (χ1n) is 11.0. The number of rotatable bonds is 7. The van der Waals surface area contributed by atoms with E-state index in [4.69, 9.17) is 0 Å². The number of amides is 2. The number of aldehydes is 1. The number of likely N-dealkylation sites (N-methyl/N-ethyl adjacent to an activating group) is 1. The molecule has 1 aromatic heterocycles. The number of nitrogens with one attached hydrogen (secondary N) is 1. The Labute approximate surface area is 191 Å². The molecule has 0 bridgehead atoms. The van der Waals surface area contributed by atoms with Crippen molar-refractivity contribution in [2.75, 3.05) is 25.5 Å². The summed E-state index contributed by atoms with van der Waals surface area (Å²) in [6.07, 6.45) is 10.1. The molecule has 172 valence electrons. The Morgan fingerprint density at radius 2 is 2.15 bits per heavy atom. The van der Waals surface area contributed by atoms with Crippen LogP contribution in [-0.4, -0.2) is 65.3 Å². The summed E-state index contributed by atoms with van der Waals surface area (Å²) in [7, 11) is 1.74. The third kappa shape index (κ3) is 5.42. The van der Waals surface area contributed by atoms with Crippen LogP contribution < -0.4 is 5.32 Å². The molecule has 0 unspecified atom stereocenters. The van der Waals surface area contributed by atoms with E-state index in [-0.39, 0.29) is 36.6 Å². The molecule has 0 atom stereocenters. The Morgan fingerprint density at radius 1 is 1.33 bits per heavy atom. The number of aliphatic imine (C=N–C) groups is 1. The molecule has 0 saturated heterocycles. The van der Waals surface area contributed by atoms with Crippen LogP contribution in [0.2, 0.25) is 0 Å². The highest BCUT2D eigenvalue weighted by atomic mass is 19.1. The highest BCUT2D eigenvalue weighted by Crippen LogP contribution is 2.30. The van der Waals surface area contributed by atoms with Gasteiger partial charge in [0.2, 0.25) is 5.91 Å². The van der Waals surface area contributed by atoms with Crippen molar-refractivity contribution in [3.63, 3.8) is 0 Å². The smallest absolute Gasteiger partial charge is 0.270 e. The molecule has 33 heavy (non-hydrogen) atoms. The first-order valence-corrected chi connectivity index (χ1v) is 11.0. The molecule has 0 aromatic carbocycles. The fourth-order valence-electron chi connectivity index (χ4n) is 3.93. The van der Waals surface area contributed by atoms with Crippen molar-refractivity contribution >= 4 is 35.7 Å². The largest absolute Gasteiger partial charge is 0.357 e. The normalized spacial score (nSPS) is 18.3. The average Bonchev–Trinajstić information content (AvgIpc) is 3.67. The summed E-state index contributed by atoms with van der Waals surface area (Å²) in [5.74, 6) is -0.496. The van der Waals surface area contributed by atoms with Gasteiger partial charge in [-0.2, -0.15) is 0 Å². The van der Waals surface area contributed by atoms with Gasteiger partial charge in [0.1, 0.15) is 23.6 Å². The van der Waals surface area contributed by atoms with E-state index in [0.29, 0.717) is 36.5 Å². The fourth-order valence-corrected chi connectivity index (χ4v) is 3.93. The number of hydrogen-bond donors (Lipinski definition) is 1. The SMILES string of the molecule is CN(C(=O)C1=C(C=O)CCCN1CC(=O)Nc1ccc(C2=CCC(F)=CN=C2)cn1)C1CC1. The lowest BCUT2D eigenvalue weighted by Gasteiger charge is -2.33. The van der Waals surface area contributed by atoms with E-state index in [1.807, 2.05) is 0 Å². The molecule has 3 heterocycles. The Kier molecular flexibility index (Phi) is 6.76. The number of allylic oxidation sites excluding steroid dienone is 4. The van der Waals surface area contributed by atoms with Crippen molar-refractivity contribution in [2.24, 2.45) is 4.99 Å². The lowest BCUT2D eigenvalue weighted by molar-refractivity contribution is -0.129. The van der Waals surface area contributed by atoms with Crippen molar-refractivity contribution in [2.45, 2.75) is 38.1 Å². The molecule has 8 nitrogen and oxygen atoms in total. The third-order valence-electron chi connectivity index (χ3n) is 5.90. The van der Waals surface area contributed by atoms with Crippen LogP contribution in [-0.2, 0) is 14.4 Å². The molecule has 1 fully saturated rings. The summed E-state index contributed by atoms with van der Waals surface area (Å²) in [6, 6.07) is 3.64. The monoisotopic (exact) mass is 451 g/mol. The van der Waals surface area contributed by atoms with Crippen LogP contribution >= 0.6 is 0 Å². The Balaban J connectivity index is 1.42. The Morgan fingerprint density at radius 3 is 2.85 bits per heavy atom. The minimum atomic E-state index is -0.330. The van der Waals surface area contributed by atoms with Crippen molar-refractivity contribution in [1.29, 1.82) is 0 Å². The van der Waals surface area contributed by atoms with Gasteiger partial charge < -0.3 is 15.1 Å². The van der Waals surface area contributed by atoms with Crippen LogP contribution in [0.3, 0.4) is 0 Å². The van der Waals surface area contributed by atoms with Gasteiger partial charge >= 0.3 is 0 Å². The second-order valence-electron chi connectivity index (χ2n) is 8.36. The van der Waals surface area contributed by atoms with E-state index >= 15 is 0 Å². The van der Waals surface area contributed by atoms with Crippen molar-refractivity contribution in [3.05, 3.63) is 53.3 Å². The van der Waals surface area contributed by atoms with E-state index in [1.165, 1.54) is 6.20 Å². The van der Waals surface area contributed by atoms with Crippen LogP contribution in [0.25, 0.3) is 5.57 Å². The van der Waals surface area contributed by atoms with Gasteiger partial charge in [-0.25, -0.2) is 9.37 Å². The quantitative estimate of drug-likeness (QED) is 0.644. The van der Waals surface area contributed by atoms with Gasteiger partial charge in [0.25, 0.3) is 5.91 Å². The lowest BCUT2D eigenvalue weighted by Crippen LogP contribution is -2.43. The molecule has 1 saturated carbocycles. The van der Waals surface area contributed by atoms with Crippen LogP contribution in [0.5, 0.6) is 0 Å². The van der Waals surface area contributed by atoms with Gasteiger partial charge in [-0.05, 0) is 43.4 Å². The Hall–Kier alpha value is -3.62. The summed E-state index contributed by atoms with van der Waals surface area (Å²) in [5, 5.41) is 2.74. The van der Waals surface area contributed by atoms with Crippen LogP contribution in [0.15, 0.2) is 52.7 Å². The van der Waals surface area contributed by atoms with Gasteiger partial charge in [-0.3, -0.25) is 19.4 Å². The van der Waals surface area contributed by atoms with Gasteiger partial charge in [0.05, 0.1) is 12.7 Å². The summed E-state index contributed by atoms with van der Waals surface area (Å²) < 4.78 is 13.3. The maximum absolute atomic E-state index is 13.3. The third-order valence-corrected chi connectivity index (χ3v) is 5.90. The number of halogens is 1. The highest BCUT2D eigenvalue weighted by molar-refractivity contribution is 6.10. The van der Waals surface area contributed by atoms with Gasteiger partial charge in [0, 0.05) is 49.6 Å². The summed E-state index contributed by atoms with van der Waals surface area (Å²) in [6.45, 7) is 0.470. The molecule has 9 heteroatoms. The maximum atomic E-state index is 13.3. The number of nitrogens with zero attached hydrogens (tertiary/aromatic N) is 4. The number of hydrogen-bond acceptors (Lipinski definition) is 6. The number of pyridine rings is 1. The second kappa shape index (κ2) is 9.89. The standard InChI is InChI=1S/C24H26FN5O3/c1-29(20-7-8-20)24(33)23-18(15-31)3-2-10-30(23)14-22(32)28-21-9-5-17(12-27-21)16-4-6-19(25)13-26-11-16/h4-5,9,11-13,15,20H,2-3,6-8,10,14H2,1H3,(H,27,28,32). The molecule has 2 aliphatic heterocycles. The molecule has 0 radical (unpaired) electrons. The second-order valence-corrected chi connectivity index (χ2v) is 8.36. The average molecular weight is 452 g/mol. The van der Waals surface area contributed by atoms with Gasteiger partial charge in [-0.1, -0.05) is 6.08 Å². The number of aromatic nitrogens is 1. The number of anilines is 1. The van der Waals surface area contributed by atoms with Crippen molar-refractivity contribution < 1.29 is 18.8 Å². The van der Waals surface area contributed by atoms with Crippen molar-refractivity contribution in [1.82, 2.24) is 14.8 Å². The first kappa shape index (κ1) is 22.6. The van der Waals surface area contributed by atoms with Crippen LogP contribution in [0.4, 0.5) is 10.2 Å². The number of carbonyl (C=O) groups excluding carboxylic acids is 3. The zero-order valence-corrected chi connectivity index (χ0v) is 18.5. The molecular weight excluding hydrogens is 425 g/mol. The van der Waals surface area contributed by atoms with Crippen LogP contribution in [0, 0.1) is 0 Å². The molecule has 0 spiro atoms.